The Bertz CT molecular complexity index is 891. The van der Waals surface area contributed by atoms with Gasteiger partial charge in [-0.1, -0.05) is 37.3 Å². The molecule has 0 aromatic heterocycles. The Balaban J connectivity index is 1.59. The van der Waals surface area contributed by atoms with Gasteiger partial charge in [-0.3, -0.25) is 9.59 Å². The topological polar surface area (TPSA) is 64.7 Å². The van der Waals surface area contributed by atoms with Gasteiger partial charge in [-0.25, -0.2) is 14.8 Å². The van der Waals surface area contributed by atoms with Gasteiger partial charge in [0.2, 0.25) is 11.8 Å². The van der Waals surface area contributed by atoms with Crippen molar-refractivity contribution in [2.45, 2.75) is 19.4 Å². The molecule has 0 saturated carbocycles. The summed E-state index contributed by atoms with van der Waals surface area (Å²) < 4.78 is 14.0. The molecule has 2 saturated heterocycles. The molecule has 29 heavy (non-hydrogen) atoms. The summed E-state index contributed by atoms with van der Waals surface area (Å²) in [7, 11) is 0. The quantitative estimate of drug-likeness (QED) is 0.816. The lowest BCUT2D eigenvalue weighted by Crippen LogP contribution is -2.56. The molecule has 3 unspecified atom stereocenters. The number of hydrogen-bond donors (Lipinski definition) is 2. The molecule has 2 aromatic carbocycles. The van der Waals surface area contributed by atoms with Crippen molar-refractivity contribution in [2.24, 2.45) is 11.8 Å². The van der Waals surface area contributed by atoms with Crippen molar-refractivity contribution >= 4 is 23.2 Å². The fourth-order valence-corrected chi connectivity index (χ4v) is 4.24. The van der Waals surface area contributed by atoms with Crippen LogP contribution in [0.3, 0.4) is 0 Å². The van der Waals surface area contributed by atoms with Gasteiger partial charge >= 0.3 is 0 Å². The van der Waals surface area contributed by atoms with Gasteiger partial charge in [0.25, 0.3) is 0 Å². The summed E-state index contributed by atoms with van der Waals surface area (Å²) in [5, 5.41) is 4.26. The Hall–Kier alpha value is -2.77. The highest BCUT2D eigenvalue weighted by molar-refractivity contribution is 6.00. The standard InChI is InChI=1S/C22H25FN4O2/c1-2-12-26-13-16(21(28)24-19-11-7-6-10-18(19)23)20-17(14-26)22(29)27(25-20)15-8-4-3-5-9-15/h3-11,16-17,20,25H,2,12-14H2,1H3,(H,24,28). The van der Waals surface area contributed by atoms with E-state index in [9.17, 15) is 14.0 Å². The Morgan fingerprint density at radius 1 is 1.14 bits per heavy atom. The number of carbonyl (C=O) groups is 2. The SMILES string of the molecule is CCCN1CC(C(=O)Nc2ccccc2F)C2NN(c3ccccc3)C(=O)C2C1. The average molecular weight is 396 g/mol. The number of likely N-dealkylation sites (tertiary alicyclic amines) is 1. The van der Waals surface area contributed by atoms with E-state index in [1.54, 1.807) is 23.2 Å². The van der Waals surface area contributed by atoms with E-state index in [1.807, 2.05) is 30.3 Å². The molecule has 4 rings (SSSR count). The van der Waals surface area contributed by atoms with Gasteiger partial charge in [-0.15, -0.1) is 0 Å². The number of nitrogens with zero attached hydrogens (tertiary/aromatic N) is 2. The molecule has 2 aliphatic heterocycles. The van der Waals surface area contributed by atoms with E-state index >= 15 is 0 Å². The van der Waals surface area contributed by atoms with Gasteiger partial charge in [0.15, 0.2) is 0 Å². The van der Waals surface area contributed by atoms with Crippen LogP contribution >= 0.6 is 0 Å². The molecule has 0 aliphatic carbocycles. The number of para-hydroxylation sites is 2. The maximum absolute atomic E-state index is 14.0. The lowest BCUT2D eigenvalue weighted by Gasteiger charge is -2.38. The molecule has 2 aliphatic rings. The van der Waals surface area contributed by atoms with Crippen molar-refractivity contribution in [3.8, 4) is 0 Å². The molecule has 0 radical (unpaired) electrons. The number of hydrogen-bond acceptors (Lipinski definition) is 4. The van der Waals surface area contributed by atoms with Crippen LogP contribution in [-0.2, 0) is 9.59 Å². The second-order valence-electron chi connectivity index (χ2n) is 7.61. The predicted octanol–water partition coefficient (Wildman–Crippen LogP) is 2.64. The number of piperidine rings is 1. The van der Waals surface area contributed by atoms with E-state index in [-0.39, 0.29) is 29.5 Å². The monoisotopic (exact) mass is 396 g/mol. The van der Waals surface area contributed by atoms with Crippen LogP contribution in [0.15, 0.2) is 54.6 Å². The summed E-state index contributed by atoms with van der Waals surface area (Å²) in [6.45, 7) is 4.02. The van der Waals surface area contributed by atoms with Crippen molar-refractivity contribution in [3.05, 3.63) is 60.4 Å². The minimum Gasteiger partial charge on any atom is -0.323 e. The molecular weight excluding hydrogens is 371 g/mol. The predicted molar refractivity (Wildman–Crippen MR) is 110 cm³/mol. The lowest BCUT2D eigenvalue weighted by molar-refractivity contribution is -0.126. The van der Waals surface area contributed by atoms with Crippen LogP contribution in [0.2, 0.25) is 0 Å². The van der Waals surface area contributed by atoms with Crippen LogP contribution in [0.4, 0.5) is 15.8 Å². The zero-order valence-corrected chi connectivity index (χ0v) is 16.3. The molecule has 2 aromatic rings. The molecular formula is C22H25FN4O2. The summed E-state index contributed by atoms with van der Waals surface area (Å²) in [4.78, 5) is 28.4. The first-order chi connectivity index (χ1) is 14.1. The maximum Gasteiger partial charge on any atom is 0.247 e. The first kappa shape index (κ1) is 19.5. The minimum atomic E-state index is -0.474. The van der Waals surface area contributed by atoms with Crippen LogP contribution in [0.5, 0.6) is 0 Å². The van der Waals surface area contributed by atoms with E-state index in [4.69, 9.17) is 0 Å². The van der Waals surface area contributed by atoms with E-state index in [2.05, 4.69) is 22.6 Å². The number of carbonyl (C=O) groups excluding carboxylic acids is 2. The number of benzene rings is 2. The van der Waals surface area contributed by atoms with Crippen molar-refractivity contribution in [1.29, 1.82) is 0 Å². The van der Waals surface area contributed by atoms with Crippen LogP contribution in [0, 0.1) is 17.7 Å². The molecule has 2 fully saturated rings. The first-order valence-electron chi connectivity index (χ1n) is 10.0. The fraction of sp³-hybridized carbons (Fsp3) is 0.364. The second kappa shape index (κ2) is 8.31. The first-order valence-corrected chi connectivity index (χ1v) is 10.0. The second-order valence-corrected chi connectivity index (χ2v) is 7.61. The average Bonchev–Trinajstić information content (AvgIpc) is 3.07. The van der Waals surface area contributed by atoms with Crippen molar-refractivity contribution in [2.75, 3.05) is 30.0 Å². The Kier molecular flexibility index (Phi) is 5.60. The van der Waals surface area contributed by atoms with E-state index in [0.29, 0.717) is 13.1 Å². The summed E-state index contributed by atoms with van der Waals surface area (Å²) in [5.41, 5.74) is 4.17. The molecule has 2 heterocycles. The summed E-state index contributed by atoms with van der Waals surface area (Å²) >= 11 is 0. The number of anilines is 2. The van der Waals surface area contributed by atoms with Gasteiger partial charge < -0.3 is 10.2 Å². The third kappa shape index (κ3) is 3.88. The molecule has 2 amide bonds. The number of amides is 2. The third-order valence-electron chi connectivity index (χ3n) is 5.62. The Labute approximate surface area is 169 Å². The van der Waals surface area contributed by atoms with E-state index in [1.165, 1.54) is 6.07 Å². The summed E-state index contributed by atoms with van der Waals surface area (Å²) in [6.07, 6.45) is 0.934. The van der Waals surface area contributed by atoms with Gasteiger partial charge in [0.1, 0.15) is 5.82 Å². The van der Waals surface area contributed by atoms with E-state index in [0.717, 1.165) is 18.7 Å². The number of halogens is 1. The molecule has 3 atom stereocenters. The highest BCUT2D eigenvalue weighted by atomic mass is 19.1. The van der Waals surface area contributed by atoms with Gasteiger partial charge in [-0.05, 0) is 37.2 Å². The normalized spacial score (nSPS) is 24.4. The van der Waals surface area contributed by atoms with Crippen LogP contribution in [0.25, 0.3) is 0 Å². The molecule has 0 bridgehead atoms. The summed E-state index contributed by atoms with van der Waals surface area (Å²) in [5.74, 6) is -1.59. The largest absolute Gasteiger partial charge is 0.323 e. The zero-order valence-electron chi connectivity index (χ0n) is 16.3. The zero-order chi connectivity index (χ0) is 20.4. The minimum absolute atomic E-state index is 0.0364. The van der Waals surface area contributed by atoms with Crippen molar-refractivity contribution < 1.29 is 14.0 Å². The molecule has 6 nitrogen and oxygen atoms in total. The van der Waals surface area contributed by atoms with Gasteiger partial charge in [-0.2, -0.15) is 0 Å². The number of hydrazine groups is 1. The molecule has 0 spiro atoms. The third-order valence-corrected chi connectivity index (χ3v) is 5.62. The molecule has 152 valence electrons. The van der Waals surface area contributed by atoms with Gasteiger partial charge in [0, 0.05) is 13.1 Å². The fourth-order valence-electron chi connectivity index (χ4n) is 4.24. The Morgan fingerprint density at radius 2 is 1.86 bits per heavy atom. The Morgan fingerprint density at radius 3 is 2.59 bits per heavy atom. The highest BCUT2D eigenvalue weighted by Crippen LogP contribution is 2.32. The maximum atomic E-state index is 14.0. The van der Waals surface area contributed by atoms with Crippen molar-refractivity contribution in [3.63, 3.8) is 0 Å². The number of nitrogens with one attached hydrogen (secondary N) is 2. The van der Waals surface area contributed by atoms with Crippen LogP contribution in [-0.4, -0.2) is 42.4 Å². The van der Waals surface area contributed by atoms with Gasteiger partial charge in [0.05, 0.1) is 29.3 Å². The molecule has 2 N–H and O–H groups in total. The molecule has 7 heteroatoms. The number of fused-ring (bicyclic) bond motifs is 1. The van der Waals surface area contributed by atoms with Crippen molar-refractivity contribution in [1.82, 2.24) is 10.3 Å². The van der Waals surface area contributed by atoms with Crippen LogP contribution in [0.1, 0.15) is 13.3 Å². The smallest absolute Gasteiger partial charge is 0.247 e. The van der Waals surface area contributed by atoms with Crippen LogP contribution < -0.4 is 15.8 Å². The summed E-state index contributed by atoms with van der Waals surface area (Å²) in [6, 6.07) is 15.2. The number of rotatable bonds is 5. The lowest BCUT2D eigenvalue weighted by atomic mass is 9.84. The highest BCUT2D eigenvalue weighted by Gasteiger charge is 2.50. The van der Waals surface area contributed by atoms with E-state index < -0.39 is 11.7 Å².